The van der Waals surface area contributed by atoms with Gasteiger partial charge in [0.2, 0.25) is 0 Å². The van der Waals surface area contributed by atoms with Crippen LogP contribution in [-0.4, -0.2) is 28.2 Å². The topological polar surface area (TPSA) is 48.6 Å². The lowest BCUT2D eigenvalue weighted by atomic mass is 10.1. The Morgan fingerprint density at radius 2 is 1.65 bits per heavy atom. The second kappa shape index (κ2) is 5.15. The normalized spacial score (nSPS) is 11.3. The van der Waals surface area contributed by atoms with E-state index in [0.717, 1.165) is 17.6 Å². The molecule has 0 saturated carbocycles. The second-order valence-electron chi connectivity index (χ2n) is 4.79. The van der Waals surface area contributed by atoms with Gasteiger partial charge in [0, 0.05) is 34.0 Å². The third kappa shape index (κ3) is 1.85. The van der Waals surface area contributed by atoms with Gasteiger partial charge in [-0.05, 0) is 31.2 Å². The number of aryl methyl sites for hydroxylation is 1. The summed E-state index contributed by atoms with van der Waals surface area (Å²) < 4.78 is 2.27. The number of benzene rings is 2. The predicted octanol–water partition coefficient (Wildman–Crippen LogP) is 2.52. The summed E-state index contributed by atoms with van der Waals surface area (Å²) in [5.74, 6) is 0. The van der Waals surface area contributed by atoms with E-state index in [-0.39, 0.29) is 13.5 Å². The Labute approximate surface area is 117 Å². The molecule has 4 heteroatoms. The highest BCUT2D eigenvalue weighted by atomic mass is 16.3. The summed E-state index contributed by atoms with van der Waals surface area (Å²) in [6, 6.07) is 14.3. The van der Waals surface area contributed by atoms with Crippen molar-refractivity contribution in [2.75, 3.05) is 18.4 Å². The zero-order chi connectivity index (χ0) is 14.1. The number of aliphatic hydroxyl groups is 2. The van der Waals surface area contributed by atoms with Crippen molar-refractivity contribution in [2.45, 2.75) is 13.5 Å². The van der Waals surface area contributed by atoms with Crippen molar-refractivity contribution < 1.29 is 10.2 Å². The van der Waals surface area contributed by atoms with Crippen LogP contribution in [0, 0.1) is 0 Å². The van der Waals surface area contributed by atoms with Gasteiger partial charge in [-0.1, -0.05) is 18.2 Å². The third-order valence-corrected chi connectivity index (χ3v) is 3.78. The standard InChI is InChI=1S/C16H18N2O2/c1-2-18-15-6-4-3-5-13(15)14-9-12(7-8-16(14)18)17(10-19)11-20/h3-9,19-20H,2,10-11H2,1H3. The lowest BCUT2D eigenvalue weighted by Crippen LogP contribution is -2.24. The Bertz CT molecular complexity index is 745. The molecular formula is C16H18N2O2. The summed E-state index contributed by atoms with van der Waals surface area (Å²) in [5.41, 5.74) is 3.21. The van der Waals surface area contributed by atoms with Gasteiger partial charge < -0.3 is 19.7 Å². The highest BCUT2D eigenvalue weighted by Gasteiger charge is 2.11. The molecule has 0 aliphatic heterocycles. The van der Waals surface area contributed by atoms with Crippen LogP contribution in [0.3, 0.4) is 0 Å². The molecule has 0 atom stereocenters. The summed E-state index contributed by atoms with van der Waals surface area (Å²) in [6.07, 6.45) is 0. The van der Waals surface area contributed by atoms with E-state index in [9.17, 15) is 10.2 Å². The third-order valence-electron chi connectivity index (χ3n) is 3.78. The number of anilines is 1. The minimum absolute atomic E-state index is 0.200. The molecule has 0 saturated heterocycles. The average Bonchev–Trinajstić information content (AvgIpc) is 2.82. The molecule has 0 aliphatic carbocycles. The van der Waals surface area contributed by atoms with E-state index < -0.39 is 0 Å². The van der Waals surface area contributed by atoms with Crippen molar-refractivity contribution in [1.82, 2.24) is 4.57 Å². The number of aliphatic hydroxyl groups excluding tert-OH is 2. The fourth-order valence-corrected chi connectivity index (χ4v) is 2.79. The van der Waals surface area contributed by atoms with Gasteiger partial charge in [0.1, 0.15) is 13.5 Å². The van der Waals surface area contributed by atoms with Crippen molar-refractivity contribution in [3.63, 3.8) is 0 Å². The van der Waals surface area contributed by atoms with Gasteiger partial charge in [0.25, 0.3) is 0 Å². The van der Waals surface area contributed by atoms with E-state index in [4.69, 9.17) is 0 Å². The number of nitrogens with zero attached hydrogens (tertiary/aromatic N) is 2. The summed E-state index contributed by atoms with van der Waals surface area (Å²) in [4.78, 5) is 1.51. The van der Waals surface area contributed by atoms with Crippen molar-refractivity contribution in [3.05, 3.63) is 42.5 Å². The Balaban J connectivity index is 2.31. The Morgan fingerprint density at radius 3 is 2.35 bits per heavy atom. The van der Waals surface area contributed by atoms with Gasteiger partial charge >= 0.3 is 0 Å². The molecule has 1 aromatic heterocycles. The van der Waals surface area contributed by atoms with E-state index in [0.29, 0.717) is 0 Å². The molecule has 20 heavy (non-hydrogen) atoms. The molecule has 2 aromatic carbocycles. The molecule has 2 N–H and O–H groups in total. The van der Waals surface area contributed by atoms with Crippen LogP contribution in [0.1, 0.15) is 6.92 Å². The lowest BCUT2D eigenvalue weighted by molar-refractivity contribution is 0.223. The van der Waals surface area contributed by atoms with E-state index in [1.54, 1.807) is 0 Å². The van der Waals surface area contributed by atoms with E-state index >= 15 is 0 Å². The van der Waals surface area contributed by atoms with Crippen LogP contribution in [-0.2, 0) is 6.54 Å². The fourth-order valence-electron chi connectivity index (χ4n) is 2.79. The first-order valence-corrected chi connectivity index (χ1v) is 6.77. The zero-order valence-electron chi connectivity index (χ0n) is 11.5. The molecule has 1 heterocycles. The van der Waals surface area contributed by atoms with Crippen molar-refractivity contribution in [3.8, 4) is 0 Å². The molecule has 0 fully saturated rings. The molecule has 0 bridgehead atoms. The molecule has 3 rings (SSSR count). The monoisotopic (exact) mass is 270 g/mol. The Kier molecular flexibility index (Phi) is 3.34. The van der Waals surface area contributed by atoms with Gasteiger partial charge in [-0.15, -0.1) is 0 Å². The minimum atomic E-state index is -0.200. The number of fused-ring (bicyclic) bond motifs is 3. The Hall–Kier alpha value is -2.04. The molecule has 4 nitrogen and oxygen atoms in total. The van der Waals surface area contributed by atoms with Crippen LogP contribution < -0.4 is 4.90 Å². The largest absolute Gasteiger partial charge is 0.376 e. The first-order valence-electron chi connectivity index (χ1n) is 6.77. The lowest BCUT2D eigenvalue weighted by Gasteiger charge is -2.19. The number of hydrogen-bond acceptors (Lipinski definition) is 3. The summed E-state index contributed by atoms with van der Waals surface area (Å²) in [6.45, 7) is 2.64. The second-order valence-corrected chi connectivity index (χ2v) is 4.79. The van der Waals surface area contributed by atoms with E-state index in [1.807, 2.05) is 30.3 Å². The van der Waals surface area contributed by atoms with Gasteiger partial charge in [-0.2, -0.15) is 0 Å². The molecule has 0 spiro atoms. The molecule has 0 unspecified atom stereocenters. The van der Waals surface area contributed by atoms with E-state index in [2.05, 4.69) is 23.6 Å². The first-order chi connectivity index (χ1) is 9.80. The molecule has 0 radical (unpaired) electrons. The van der Waals surface area contributed by atoms with Gasteiger partial charge in [0.15, 0.2) is 0 Å². The molecular weight excluding hydrogens is 252 g/mol. The number of para-hydroxylation sites is 1. The van der Waals surface area contributed by atoms with Crippen LogP contribution in [0.25, 0.3) is 21.8 Å². The SMILES string of the molecule is CCn1c2ccccc2c2cc(N(CO)CO)ccc21. The maximum absolute atomic E-state index is 9.28. The fraction of sp³-hybridized carbons (Fsp3) is 0.250. The Morgan fingerprint density at radius 1 is 0.950 bits per heavy atom. The molecule has 3 aromatic rings. The van der Waals surface area contributed by atoms with Crippen LogP contribution in [0.5, 0.6) is 0 Å². The van der Waals surface area contributed by atoms with Crippen molar-refractivity contribution >= 4 is 27.5 Å². The molecule has 104 valence electrons. The van der Waals surface area contributed by atoms with Crippen LogP contribution in [0.4, 0.5) is 5.69 Å². The smallest absolute Gasteiger partial charge is 0.117 e. The van der Waals surface area contributed by atoms with Gasteiger partial charge in [0.05, 0.1) is 0 Å². The summed E-state index contributed by atoms with van der Waals surface area (Å²) in [5, 5.41) is 20.9. The molecule has 0 amide bonds. The van der Waals surface area contributed by atoms with Crippen LogP contribution >= 0.6 is 0 Å². The highest BCUT2D eigenvalue weighted by molar-refractivity contribution is 6.09. The summed E-state index contributed by atoms with van der Waals surface area (Å²) >= 11 is 0. The first kappa shape index (κ1) is 13.0. The summed E-state index contributed by atoms with van der Waals surface area (Å²) in [7, 11) is 0. The van der Waals surface area contributed by atoms with Crippen molar-refractivity contribution in [2.24, 2.45) is 0 Å². The minimum Gasteiger partial charge on any atom is -0.376 e. The number of aromatic nitrogens is 1. The van der Waals surface area contributed by atoms with Crippen molar-refractivity contribution in [1.29, 1.82) is 0 Å². The number of rotatable bonds is 4. The van der Waals surface area contributed by atoms with Gasteiger partial charge in [-0.3, -0.25) is 0 Å². The quantitative estimate of drug-likeness (QED) is 0.716. The van der Waals surface area contributed by atoms with Gasteiger partial charge in [-0.25, -0.2) is 0 Å². The average molecular weight is 270 g/mol. The highest BCUT2D eigenvalue weighted by Crippen LogP contribution is 2.31. The number of hydrogen-bond donors (Lipinski definition) is 2. The predicted molar refractivity (Wildman–Crippen MR) is 81.8 cm³/mol. The van der Waals surface area contributed by atoms with E-state index in [1.165, 1.54) is 21.3 Å². The van der Waals surface area contributed by atoms with Crippen LogP contribution in [0.15, 0.2) is 42.5 Å². The molecule has 0 aliphatic rings. The maximum atomic E-state index is 9.28. The zero-order valence-corrected chi connectivity index (χ0v) is 11.5. The maximum Gasteiger partial charge on any atom is 0.117 e. The van der Waals surface area contributed by atoms with Crippen LogP contribution in [0.2, 0.25) is 0 Å².